The third kappa shape index (κ3) is 3.26. The van der Waals surface area contributed by atoms with Crippen LogP contribution in [0.15, 0.2) is 29.5 Å². The van der Waals surface area contributed by atoms with Gasteiger partial charge in [-0.15, -0.1) is 0 Å². The molecule has 0 radical (unpaired) electrons. The van der Waals surface area contributed by atoms with E-state index < -0.39 is 0 Å². The number of aryl methyl sites for hydroxylation is 3. The number of nitrogens with one attached hydrogen (secondary N) is 2. The highest BCUT2D eigenvalue weighted by atomic mass is 16.2. The summed E-state index contributed by atoms with van der Waals surface area (Å²) in [4.78, 5) is 35.8. The van der Waals surface area contributed by atoms with Gasteiger partial charge in [0.15, 0.2) is 0 Å². The molecule has 0 saturated carbocycles. The number of pyridine rings is 1. The van der Waals surface area contributed by atoms with Crippen molar-refractivity contribution in [3.63, 3.8) is 0 Å². The number of hydrogen-bond acceptors (Lipinski definition) is 5. The molecule has 0 spiro atoms. The second kappa shape index (κ2) is 6.91. The third-order valence-electron chi connectivity index (χ3n) is 4.28. The van der Waals surface area contributed by atoms with Gasteiger partial charge in [0.2, 0.25) is 0 Å². The van der Waals surface area contributed by atoms with Crippen LogP contribution in [0.1, 0.15) is 32.9 Å². The Morgan fingerprint density at radius 1 is 1.27 bits per heavy atom. The van der Waals surface area contributed by atoms with E-state index in [0.717, 1.165) is 17.0 Å². The summed E-state index contributed by atoms with van der Waals surface area (Å²) in [5, 5.41) is 6.90. The molecule has 0 unspecified atom stereocenters. The summed E-state index contributed by atoms with van der Waals surface area (Å²) >= 11 is 0. The van der Waals surface area contributed by atoms with Crippen LogP contribution >= 0.6 is 0 Å². The lowest BCUT2D eigenvalue weighted by atomic mass is 10.1. The molecule has 0 aliphatic heterocycles. The molecule has 3 aromatic rings. The van der Waals surface area contributed by atoms with Gasteiger partial charge in [-0.1, -0.05) is 0 Å². The summed E-state index contributed by atoms with van der Waals surface area (Å²) < 4.78 is 1.69. The van der Waals surface area contributed by atoms with Gasteiger partial charge < -0.3 is 10.3 Å². The fourth-order valence-corrected chi connectivity index (χ4v) is 2.90. The minimum atomic E-state index is -0.354. The molecule has 0 fully saturated rings. The van der Waals surface area contributed by atoms with E-state index in [9.17, 15) is 9.59 Å². The summed E-state index contributed by atoms with van der Waals surface area (Å²) in [6.07, 6.45) is 3.03. The number of nitrogens with zero attached hydrogens (tertiary/aromatic N) is 4. The van der Waals surface area contributed by atoms with Crippen LogP contribution < -0.4 is 10.9 Å². The fraction of sp³-hybridized carbons (Fsp3) is 0.278. The number of aromatic nitrogens is 5. The molecule has 0 aliphatic carbocycles. The highest BCUT2D eigenvalue weighted by Gasteiger charge is 2.17. The van der Waals surface area contributed by atoms with Crippen molar-refractivity contribution in [3.8, 4) is 11.4 Å². The number of carbonyl (C=O) groups excluding carboxylic acids is 1. The first-order chi connectivity index (χ1) is 12.4. The number of amides is 1. The van der Waals surface area contributed by atoms with Gasteiger partial charge in [-0.25, -0.2) is 9.97 Å². The maximum Gasteiger partial charge on any atom is 0.270 e. The van der Waals surface area contributed by atoms with E-state index in [1.54, 1.807) is 17.8 Å². The molecular formula is C18H20N6O2. The van der Waals surface area contributed by atoms with Gasteiger partial charge in [0, 0.05) is 36.6 Å². The first-order valence-electron chi connectivity index (χ1n) is 8.16. The van der Waals surface area contributed by atoms with Crippen molar-refractivity contribution in [3.05, 3.63) is 63.1 Å². The van der Waals surface area contributed by atoms with Crippen molar-refractivity contribution in [1.82, 2.24) is 30.0 Å². The number of carbonyl (C=O) groups is 1. The maximum absolute atomic E-state index is 12.6. The Balaban J connectivity index is 1.86. The molecule has 0 atom stereocenters. The molecule has 8 nitrogen and oxygen atoms in total. The summed E-state index contributed by atoms with van der Waals surface area (Å²) in [7, 11) is 1.81. The van der Waals surface area contributed by atoms with E-state index in [-0.39, 0.29) is 23.7 Å². The van der Waals surface area contributed by atoms with Gasteiger partial charge in [-0.05, 0) is 38.5 Å². The first kappa shape index (κ1) is 17.5. The van der Waals surface area contributed by atoms with Crippen LogP contribution in [-0.2, 0) is 13.6 Å². The highest BCUT2D eigenvalue weighted by molar-refractivity contribution is 5.94. The Hall–Kier alpha value is -3.29. The monoisotopic (exact) mass is 352 g/mol. The zero-order valence-electron chi connectivity index (χ0n) is 15.1. The Labute approximate surface area is 150 Å². The van der Waals surface area contributed by atoms with Gasteiger partial charge in [0.05, 0.1) is 11.4 Å². The zero-order chi connectivity index (χ0) is 18.8. The minimum absolute atomic E-state index is 0.130. The molecule has 0 saturated heterocycles. The highest BCUT2D eigenvalue weighted by Crippen LogP contribution is 2.21. The Morgan fingerprint density at radius 3 is 2.69 bits per heavy atom. The standard InChI is InChI=1S/C18H20N6O2/c1-10-7-11(2)23-17(25)13(10)8-19-18(26)16-12(3)15(20-9-21-16)14-5-6-22-24(14)4/h5-7,9H,8H2,1-4H3,(H,19,26)(H,23,25). The van der Waals surface area contributed by atoms with E-state index in [4.69, 9.17) is 0 Å². The van der Waals surface area contributed by atoms with E-state index in [2.05, 4.69) is 25.4 Å². The quantitative estimate of drug-likeness (QED) is 0.739. The lowest BCUT2D eigenvalue weighted by molar-refractivity contribution is 0.0945. The van der Waals surface area contributed by atoms with Crippen molar-refractivity contribution in [2.45, 2.75) is 27.3 Å². The van der Waals surface area contributed by atoms with Crippen LogP contribution in [0.4, 0.5) is 0 Å². The topological polar surface area (TPSA) is 106 Å². The van der Waals surface area contributed by atoms with Crippen LogP contribution in [0.3, 0.4) is 0 Å². The van der Waals surface area contributed by atoms with Crippen LogP contribution in [0.25, 0.3) is 11.4 Å². The normalized spacial score (nSPS) is 10.8. The summed E-state index contributed by atoms with van der Waals surface area (Å²) in [6.45, 7) is 5.59. The molecule has 134 valence electrons. The van der Waals surface area contributed by atoms with Crippen molar-refractivity contribution >= 4 is 5.91 Å². The Bertz CT molecular complexity index is 1030. The average molecular weight is 352 g/mol. The SMILES string of the molecule is Cc1cc(C)c(CNC(=O)c2ncnc(-c3ccnn3C)c2C)c(=O)[nH]1. The molecule has 0 aliphatic rings. The molecule has 3 aromatic heterocycles. The van der Waals surface area contributed by atoms with Crippen LogP contribution in [0.2, 0.25) is 0 Å². The van der Waals surface area contributed by atoms with Crippen LogP contribution in [-0.4, -0.2) is 30.6 Å². The zero-order valence-corrected chi connectivity index (χ0v) is 15.1. The molecule has 1 amide bonds. The molecule has 8 heteroatoms. The molecule has 0 bridgehead atoms. The lowest BCUT2D eigenvalue weighted by Crippen LogP contribution is -2.29. The van der Waals surface area contributed by atoms with Gasteiger partial charge in [0.1, 0.15) is 12.0 Å². The first-order valence-corrected chi connectivity index (χ1v) is 8.16. The average Bonchev–Trinajstić information content (AvgIpc) is 2.99. The summed E-state index contributed by atoms with van der Waals surface area (Å²) in [6, 6.07) is 3.70. The largest absolute Gasteiger partial charge is 0.346 e. The number of aromatic amines is 1. The van der Waals surface area contributed by atoms with Crippen molar-refractivity contribution in [2.24, 2.45) is 7.05 Å². The Kier molecular flexibility index (Phi) is 4.66. The van der Waals surface area contributed by atoms with E-state index in [1.165, 1.54) is 6.33 Å². The van der Waals surface area contributed by atoms with Crippen molar-refractivity contribution in [2.75, 3.05) is 0 Å². The van der Waals surface area contributed by atoms with E-state index >= 15 is 0 Å². The van der Waals surface area contributed by atoms with Crippen molar-refractivity contribution < 1.29 is 4.79 Å². The molecule has 0 aromatic carbocycles. The van der Waals surface area contributed by atoms with Gasteiger partial charge >= 0.3 is 0 Å². The van der Waals surface area contributed by atoms with E-state index in [1.807, 2.05) is 33.0 Å². The fourth-order valence-electron chi connectivity index (χ4n) is 2.90. The predicted molar refractivity (Wildman–Crippen MR) is 96.7 cm³/mol. The molecule has 26 heavy (non-hydrogen) atoms. The lowest BCUT2D eigenvalue weighted by Gasteiger charge is -2.11. The van der Waals surface area contributed by atoms with Gasteiger partial charge in [0.25, 0.3) is 11.5 Å². The van der Waals surface area contributed by atoms with Gasteiger partial charge in [-0.3, -0.25) is 14.3 Å². The Morgan fingerprint density at radius 2 is 2.04 bits per heavy atom. The molecular weight excluding hydrogens is 332 g/mol. The molecule has 3 heterocycles. The molecule has 2 N–H and O–H groups in total. The summed E-state index contributed by atoms with van der Waals surface area (Å²) in [5.74, 6) is -0.354. The molecule has 3 rings (SSSR count). The summed E-state index contributed by atoms with van der Waals surface area (Å²) in [5.41, 5.74) is 4.33. The number of H-pyrrole nitrogens is 1. The maximum atomic E-state index is 12.6. The van der Waals surface area contributed by atoms with Crippen molar-refractivity contribution in [1.29, 1.82) is 0 Å². The second-order valence-electron chi connectivity index (χ2n) is 6.16. The smallest absolute Gasteiger partial charge is 0.270 e. The second-order valence-corrected chi connectivity index (χ2v) is 6.16. The van der Waals surface area contributed by atoms with Crippen LogP contribution in [0, 0.1) is 20.8 Å². The van der Waals surface area contributed by atoms with E-state index in [0.29, 0.717) is 16.8 Å². The predicted octanol–water partition coefficient (Wildman–Crippen LogP) is 1.42. The van der Waals surface area contributed by atoms with Gasteiger partial charge in [-0.2, -0.15) is 5.10 Å². The third-order valence-corrected chi connectivity index (χ3v) is 4.28. The number of rotatable bonds is 4. The van der Waals surface area contributed by atoms with Crippen LogP contribution in [0.5, 0.6) is 0 Å². The number of hydrogen-bond donors (Lipinski definition) is 2. The minimum Gasteiger partial charge on any atom is -0.346 e.